The van der Waals surface area contributed by atoms with E-state index < -0.39 is 42.6 Å². The first-order valence-electron chi connectivity index (χ1n) is 15.0. The molecule has 1 fully saturated rings. The summed E-state index contributed by atoms with van der Waals surface area (Å²) in [6.45, 7) is 6.12. The van der Waals surface area contributed by atoms with Crippen LogP contribution in [0.15, 0.2) is 30.4 Å². The van der Waals surface area contributed by atoms with Crippen molar-refractivity contribution in [2.45, 2.75) is 90.2 Å². The van der Waals surface area contributed by atoms with E-state index in [1.54, 1.807) is 0 Å². The van der Waals surface area contributed by atoms with Gasteiger partial charge in [0.15, 0.2) is 6.10 Å². The van der Waals surface area contributed by atoms with Gasteiger partial charge in [-0.25, -0.2) is 4.79 Å². The van der Waals surface area contributed by atoms with Gasteiger partial charge in [-0.15, -0.1) is 0 Å². The summed E-state index contributed by atoms with van der Waals surface area (Å²) in [6, 6.07) is 4.19. The van der Waals surface area contributed by atoms with Crippen LogP contribution in [0.25, 0.3) is 0 Å². The molecule has 2 aliphatic rings. The van der Waals surface area contributed by atoms with Crippen molar-refractivity contribution in [1.82, 2.24) is 10.2 Å². The number of hydrogen-bond acceptors (Lipinski definition) is 11. The second-order valence-corrected chi connectivity index (χ2v) is 12.4. The van der Waals surface area contributed by atoms with Crippen LogP contribution in [0.2, 0.25) is 0 Å². The van der Waals surface area contributed by atoms with Crippen molar-refractivity contribution in [2.75, 3.05) is 18.4 Å². The van der Waals surface area contributed by atoms with Gasteiger partial charge in [0.2, 0.25) is 18.1 Å². The Bertz CT molecular complexity index is 1300. The van der Waals surface area contributed by atoms with Gasteiger partial charge in [-0.1, -0.05) is 26.8 Å². The topological polar surface area (TPSA) is 232 Å². The lowest BCUT2D eigenvalue weighted by Gasteiger charge is -2.38. The zero-order chi connectivity index (χ0) is 34.2. The minimum atomic E-state index is -1.91. The Labute approximate surface area is 266 Å². The molecule has 1 saturated heterocycles. The van der Waals surface area contributed by atoms with Crippen molar-refractivity contribution >= 4 is 35.3 Å². The maximum atomic E-state index is 12.7. The van der Waals surface area contributed by atoms with E-state index in [1.807, 2.05) is 6.92 Å². The van der Waals surface area contributed by atoms with Crippen LogP contribution in [0, 0.1) is 11.3 Å². The van der Waals surface area contributed by atoms with E-state index in [1.165, 1.54) is 35.3 Å². The number of nitrogens with zero attached hydrogens (tertiary/aromatic N) is 1. The van der Waals surface area contributed by atoms with Gasteiger partial charge >= 0.3 is 5.97 Å². The summed E-state index contributed by atoms with van der Waals surface area (Å²) in [6.07, 6.45) is -4.54. The quantitative estimate of drug-likeness (QED) is 0.118. The summed E-state index contributed by atoms with van der Waals surface area (Å²) in [5.74, 6) is -2.84. The number of anilines is 1. The largest absolute Gasteiger partial charge is 0.479 e. The third-order valence-corrected chi connectivity index (χ3v) is 7.91. The van der Waals surface area contributed by atoms with Crippen LogP contribution in [-0.4, -0.2) is 104 Å². The molecule has 46 heavy (non-hydrogen) atoms. The van der Waals surface area contributed by atoms with Gasteiger partial charge < -0.3 is 45.6 Å². The average molecular weight is 650 g/mol. The zero-order valence-corrected chi connectivity index (χ0v) is 26.0. The number of carboxylic acids is 1. The lowest BCUT2D eigenvalue weighted by Crippen LogP contribution is -2.61. The summed E-state index contributed by atoms with van der Waals surface area (Å²) >= 11 is 0. The monoisotopic (exact) mass is 649 g/mol. The average Bonchev–Trinajstić information content (AvgIpc) is 3.31. The Balaban J connectivity index is 1.45. The summed E-state index contributed by atoms with van der Waals surface area (Å²) in [5, 5.41) is 54.3. The minimum absolute atomic E-state index is 0.0289. The molecular formula is C31H43N3O12. The molecule has 15 nitrogen and oxygen atoms in total. The molecule has 0 saturated carbocycles. The number of carboxylic acid groups (broad SMARTS) is 1. The highest BCUT2D eigenvalue weighted by molar-refractivity contribution is 6.12. The molecule has 6 atom stereocenters. The number of carbonyl (C=O) groups excluding carboxylic acids is 4. The first-order valence-corrected chi connectivity index (χ1v) is 15.0. The van der Waals surface area contributed by atoms with Gasteiger partial charge in [0.25, 0.3) is 11.8 Å². The van der Waals surface area contributed by atoms with E-state index in [9.17, 15) is 49.5 Å². The molecule has 1 aromatic rings. The molecule has 0 radical (unpaired) electrons. The molecule has 0 aliphatic carbocycles. The van der Waals surface area contributed by atoms with Gasteiger partial charge in [0, 0.05) is 38.1 Å². The number of carbonyl (C=O) groups is 5. The number of amides is 4. The van der Waals surface area contributed by atoms with Crippen LogP contribution in [0.3, 0.4) is 0 Å². The Kier molecular flexibility index (Phi) is 12.8. The number of ether oxygens (including phenoxy) is 2. The van der Waals surface area contributed by atoms with Gasteiger partial charge in [0.1, 0.15) is 24.1 Å². The Hall–Kier alpha value is -3.89. The fourth-order valence-electron chi connectivity index (χ4n) is 5.36. The van der Waals surface area contributed by atoms with Crippen molar-refractivity contribution in [3.8, 4) is 5.75 Å². The number of imide groups is 1. The molecular weight excluding hydrogens is 606 g/mol. The minimum Gasteiger partial charge on any atom is -0.479 e. The maximum Gasteiger partial charge on any atom is 0.335 e. The summed E-state index contributed by atoms with van der Waals surface area (Å²) in [7, 11) is 0. The molecule has 254 valence electrons. The number of benzene rings is 1. The van der Waals surface area contributed by atoms with Crippen molar-refractivity contribution in [1.29, 1.82) is 0 Å². The molecule has 1 unspecified atom stereocenters. The number of aliphatic carboxylic acids is 1. The van der Waals surface area contributed by atoms with E-state index in [0.717, 1.165) is 6.42 Å². The SMILES string of the molecule is CC(CCC(=O)NCCC(=O)Nc1cc(CO)ccc1O[C@@H]1O[C@H](C(=O)O)[C@@H](O)[C@H](O)[C@H]1O)CC(C)(C)CCN1C(=O)C=CC1=O. The highest BCUT2D eigenvalue weighted by atomic mass is 16.7. The second-order valence-electron chi connectivity index (χ2n) is 12.4. The van der Waals surface area contributed by atoms with Crippen molar-refractivity contribution < 1.29 is 59.0 Å². The van der Waals surface area contributed by atoms with Crippen molar-refractivity contribution in [3.05, 3.63) is 35.9 Å². The van der Waals surface area contributed by atoms with Crippen LogP contribution < -0.4 is 15.4 Å². The van der Waals surface area contributed by atoms with Crippen molar-refractivity contribution in [3.63, 3.8) is 0 Å². The first kappa shape index (κ1) is 36.6. The fourth-order valence-corrected chi connectivity index (χ4v) is 5.36. The number of hydrogen-bond donors (Lipinski definition) is 7. The van der Waals surface area contributed by atoms with Gasteiger partial charge in [-0.3, -0.25) is 24.1 Å². The molecule has 0 bridgehead atoms. The maximum absolute atomic E-state index is 12.7. The molecule has 7 N–H and O–H groups in total. The summed E-state index contributed by atoms with van der Waals surface area (Å²) in [5.41, 5.74) is 0.289. The van der Waals surface area contributed by atoms with E-state index in [-0.39, 0.29) is 66.5 Å². The number of aliphatic hydroxyl groups excluding tert-OH is 4. The predicted octanol–water partition coefficient (Wildman–Crippen LogP) is 0.0424. The molecule has 3 rings (SSSR count). The first-order chi connectivity index (χ1) is 21.6. The molecule has 0 spiro atoms. The van der Waals surface area contributed by atoms with E-state index in [2.05, 4.69) is 24.5 Å². The Morgan fingerprint density at radius 1 is 1.02 bits per heavy atom. The third kappa shape index (κ3) is 10.1. The van der Waals surface area contributed by atoms with Crippen LogP contribution in [-0.2, 0) is 35.3 Å². The Morgan fingerprint density at radius 3 is 2.33 bits per heavy atom. The Morgan fingerprint density at radius 2 is 1.70 bits per heavy atom. The molecule has 1 aromatic carbocycles. The highest BCUT2D eigenvalue weighted by Gasteiger charge is 2.48. The molecule has 2 aliphatic heterocycles. The lowest BCUT2D eigenvalue weighted by atomic mass is 9.79. The normalized spacial score (nSPS) is 23.7. The van der Waals surface area contributed by atoms with E-state index >= 15 is 0 Å². The molecule has 15 heteroatoms. The van der Waals surface area contributed by atoms with Crippen LogP contribution >= 0.6 is 0 Å². The van der Waals surface area contributed by atoms with Crippen LogP contribution in [0.1, 0.15) is 58.4 Å². The molecule has 0 aromatic heterocycles. The molecule has 2 heterocycles. The standard InChI is InChI=1S/C31H43N3O12/c1-17(15-31(2,3)11-13-34-23(38)8-9-24(34)39)4-7-21(36)32-12-10-22(37)33-19-14-18(16-35)5-6-20(19)45-30-27(42)25(40)26(41)28(46-30)29(43)44/h5-6,8-9,14,17,25-28,30,35,40-42H,4,7,10-13,15-16H2,1-3H3,(H,32,36)(H,33,37)(H,43,44)/t17?,25-,26-,27+,28-,30+/m0/s1. The van der Waals surface area contributed by atoms with E-state index in [0.29, 0.717) is 24.9 Å². The highest BCUT2D eigenvalue weighted by Crippen LogP contribution is 2.32. The number of nitrogens with one attached hydrogen (secondary N) is 2. The van der Waals surface area contributed by atoms with Gasteiger partial charge in [0.05, 0.1) is 12.3 Å². The van der Waals surface area contributed by atoms with Crippen molar-refractivity contribution in [2.24, 2.45) is 11.3 Å². The number of rotatable bonds is 16. The summed E-state index contributed by atoms with van der Waals surface area (Å²) in [4.78, 5) is 61.3. The van der Waals surface area contributed by atoms with E-state index in [4.69, 9.17) is 9.47 Å². The van der Waals surface area contributed by atoms with Gasteiger partial charge in [-0.05, 0) is 48.3 Å². The second kappa shape index (κ2) is 16.1. The summed E-state index contributed by atoms with van der Waals surface area (Å²) < 4.78 is 10.7. The van der Waals surface area contributed by atoms with Gasteiger partial charge in [-0.2, -0.15) is 0 Å². The molecule has 4 amide bonds. The fraction of sp³-hybridized carbons (Fsp3) is 0.581. The zero-order valence-electron chi connectivity index (χ0n) is 26.0. The number of aliphatic hydroxyl groups is 4. The van der Waals surface area contributed by atoms with Crippen LogP contribution in [0.5, 0.6) is 5.75 Å². The predicted molar refractivity (Wildman–Crippen MR) is 161 cm³/mol. The smallest absolute Gasteiger partial charge is 0.335 e. The van der Waals surface area contributed by atoms with Crippen LogP contribution in [0.4, 0.5) is 5.69 Å². The third-order valence-electron chi connectivity index (χ3n) is 7.91. The lowest BCUT2D eigenvalue weighted by molar-refractivity contribution is -0.271.